The third kappa shape index (κ3) is 4.63. The lowest BCUT2D eigenvalue weighted by Crippen LogP contribution is -2.37. The summed E-state index contributed by atoms with van der Waals surface area (Å²) in [5, 5.41) is 8.82. The predicted molar refractivity (Wildman–Crippen MR) is 119 cm³/mol. The molecular formula is C22H25FN6O3. The van der Waals surface area contributed by atoms with Crippen molar-refractivity contribution in [3.05, 3.63) is 42.3 Å². The fraction of sp³-hybridized carbons (Fsp3) is 0.364. The molecule has 1 aromatic carbocycles. The molecule has 0 radical (unpaired) electrons. The molecule has 2 aliphatic rings. The Labute approximate surface area is 185 Å². The van der Waals surface area contributed by atoms with Gasteiger partial charge >= 0.3 is 6.09 Å². The summed E-state index contributed by atoms with van der Waals surface area (Å²) in [6.45, 7) is 6.42. The average Bonchev–Trinajstić information content (AvgIpc) is 3.18. The second kappa shape index (κ2) is 9.21. The Morgan fingerprint density at radius 2 is 2.12 bits per heavy atom. The zero-order valence-corrected chi connectivity index (χ0v) is 18.0. The number of rotatable bonds is 6. The van der Waals surface area contributed by atoms with E-state index in [1.54, 1.807) is 30.7 Å². The van der Waals surface area contributed by atoms with Crippen LogP contribution in [0.25, 0.3) is 11.1 Å². The van der Waals surface area contributed by atoms with Gasteiger partial charge in [-0.1, -0.05) is 0 Å². The highest BCUT2D eigenvalue weighted by atomic mass is 19.1. The van der Waals surface area contributed by atoms with Crippen molar-refractivity contribution < 1.29 is 18.7 Å². The molecule has 1 saturated heterocycles. The van der Waals surface area contributed by atoms with Gasteiger partial charge in [0.25, 0.3) is 0 Å². The number of carbonyl (C=O) groups excluding carboxylic acids is 2. The molecule has 10 heteroatoms. The van der Waals surface area contributed by atoms with E-state index in [1.807, 2.05) is 11.1 Å². The number of likely N-dealkylation sites (N-methyl/N-ethyl adjacent to an activating group) is 1. The zero-order chi connectivity index (χ0) is 22.7. The molecule has 0 saturated carbocycles. The van der Waals surface area contributed by atoms with Crippen LogP contribution in [0, 0.1) is 5.82 Å². The smallest absolute Gasteiger partial charge is 0.414 e. The molecule has 32 heavy (non-hydrogen) atoms. The van der Waals surface area contributed by atoms with Gasteiger partial charge < -0.3 is 15.0 Å². The van der Waals surface area contributed by atoms with Crippen LogP contribution in [0.15, 0.2) is 41.6 Å². The highest BCUT2D eigenvalue weighted by Crippen LogP contribution is 2.29. The van der Waals surface area contributed by atoms with Crippen molar-refractivity contribution in [3.63, 3.8) is 0 Å². The van der Waals surface area contributed by atoms with Gasteiger partial charge in [0, 0.05) is 37.3 Å². The Bertz CT molecular complexity index is 1030. The molecule has 2 aliphatic heterocycles. The number of halogens is 1. The second-order valence-electron chi connectivity index (χ2n) is 7.61. The number of anilines is 2. The Kier molecular flexibility index (Phi) is 6.20. The number of benzene rings is 1. The van der Waals surface area contributed by atoms with E-state index in [0.29, 0.717) is 22.6 Å². The molecule has 0 aliphatic carbocycles. The summed E-state index contributed by atoms with van der Waals surface area (Å²) in [5.74, 6) is 0.0251. The molecule has 2 amide bonds. The minimum Gasteiger partial charge on any atom is -0.442 e. The van der Waals surface area contributed by atoms with Crippen LogP contribution < -0.4 is 15.2 Å². The topological polar surface area (TPSA) is 90.4 Å². The van der Waals surface area contributed by atoms with E-state index < -0.39 is 18.0 Å². The highest BCUT2D eigenvalue weighted by Gasteiger charge is 2.32. The molecule has 0 spiro atoms. The molecule has 9 nitrogen and oxygen atoms in total. The fourth-order valence-electron chi connectivity index (χ4n) is 3.59. The number of hydrazone groups is 1. The van der Waals surface area contributed by atoms with Crippen LogP contribution in [-0.4, -0.2) is 67.1 Å². The van der Waals surface area contributed by atoms with Crippen molar-refractivity contribution in [1.29, 1.82) is 0 Å². The average molecular weight is 440 g/mol. The van der Waals surface area contributed by atoms with Gasteiger partial charge in [0.1, 0.15) is 24.1 Å². The summed E-state index contributed by atoms with van der Waals surface area (Å²) < 4.78 is 20.1. The Morgan fingerprint density at radius 1 is 1.28 bits per heavy atom. The number of aromatic nitrogens is 1. The first-order valence-electron chi connectivity index (χ1n) is 10.5. The normalized spacial score (nSPS) is 18.2. The van der Waals surface area contributed by atoms with Crippen LogP contribution in [-0.2, 0) is 9.53 Å². The molecule has 1 fully saturated rings. The molecule has 2 aromatic rings. The largest absolute Gasteiger partial charge is 0.442 e. The van der Waals surface area contributed by atoms with Crippen molar-refractivity contribution in [2.45, 2.75) is 20.0 Å². The summed E-state index contributed by atoms with van der Waals surface area (Å²) in [5.41, 5.74) is 1.41. The van der Waals surface area contributed by atoms with Crippen molar-refractivity contribution in [2.24, 2.45) is 5.10 Å². The van der Waals surface area contributed by atoms with E-state index in [1.165, 1.54) is 17.9 Å². The molecule has 3 heterocycles. The molecule has 168 valence electrons. The van der Waals surface area contributed by atoms with Gasteiger partial charge in [0.15, 0.2) is 0 Å². The predicted octanol–water partition coefficient (Wildman–Crippen LogP) is 2.43. The fourth-order valence-corrected chi connectivity index (χ4v) is 3.59. The van der Waals surface area contributed by atoms with Gasteiger partial charge in [-0.05, 0) is 37.3 Å². The summed E-state index contributed by atoms with van der Waals surface area (Å²) in [4.78, 5) is 31.1. The molecule has 0 unspecified atom stereocenters. The maximum absolute atomic E-state index is 14.9. The van der Waals surface area contributed by atoms with E-state index in [0.717, 1.165) is 19.6 Å². The van der Waals surface area contributed by atoms with E-state index in [-0.39, 0.29) is 19.0 Å². The molecule has 1 atom stereocenters. The van der Waals surface area contributed by atoms with Crippen molar-refractivity contribution in [2.75, 3.05) is 42.6 Å². The first-order valence-corrected chi connectivity index (χ1v) is 10.5. The van der Waals surface area contributed by atoms with Gasteiger partial charge in [0.2, 0.25) is 5.91 Å². The van der Waals surface area contributed by atoms with Crippen molar-refractivity contribution in [3.8, 4) is 11.1 Å². The van der Waals surface area contributed by atoms with Crippen molar-refractivity contribution in [1.82, 2.24) is 15.2 Å². The summed E-state index contributed by atoms with van der Waals surface area (Å²) in [6.07, 6.45) is 2.36. The monoisotopic (exact) mass is 440 g/mol. The lowest BCUT2D eigenvalue weighted by Gasteiger charge is -2.28. The van der Waals surface area contributed by atoms with Crippen LogP contribution in [0.3, 0.4) is 0 Å². The van der Waals surface area contributed by atoms with E-state index in [4.69, 9.17) is 4.74 Å². The van der Waals surface area contributed by atoms with Crippen molar-refractivity contribution >= 4 is 29.8 Å². The minimum absolute atomic E-state index is 0.204. The number of amides is 2. The number of pyridine rings is 1. The third-order valence-corrected chi connectivity index (χ3v) is 5.40. The Morgan fingerprint density at radius 3 is 2.75 bits per heavy atom. The van der Waals surface area contributed by atoms with E-state index >= 15 is 0 Å². The van der Waals surface area contributed by atoms with Crippen LogP contribution in [0.1, 0.15) is 13.8 Å². The zero-order valence-electron chi connectivity index (χ0n) is 18.0. The van der Waals surface area contributed by atoms with Gasteiger partial charge in [0.05, 0.1) is 25.3 Å². The standard InChI is InChI=1S/C22H25FN6O3/c1-3-27-8-9-29(26-14-27)21-7-4-16(11-25-21)19-6-5-17(10-20(19)23)28-13-18(32-22(28)31)12-24-15(2)30/h4-7,10-11,14,18H,3,8-9,12-13H2,1-2H3,(H,24,30)/t18-/m0/s1. The second-order valence-corrected chi connectivity index (χ2v) is 7.61. The summed E-state index contributed by atoms with van der Waals surface area (Å²) in [7, 11) is 0. The first kappa shape index (κ1) is 21.5. The number of hydrogen-bond donors (Lipinski definition) is 1. The van der Waals surface area contributed by atoms with Crippen LogP contribution >= 0.6 is 0 Å². The van der Waals surface area contributed by atoms with Gasteiger partial charge in [-0.15, -0.1) is 0 Å². The van der Waals surface area contributed by atoms with Gasteiger partial charge in [-0.25, -0.2) is 19.2 Å². The van der Waals surface area contributed by atoms with Crippen LogP contribution in [0.4, 0.5) is 20.7 Å². The molecular weight excluding hydrogens is 415 g/mol. The number of nitrogens with one attached hydrogen (secondary N) is 1. The number of ether oxygens (including phenoxy) is 1. The maximum atomic E-state index is 14.9. The first-order chi connectivity index (χ1) is 15.4. The van der Waals surface area contributed by atoms with Crippen LogP contribution in [0.5, 0.6) is 0 Å². The van der Waals surface area contributed by atoms with E-state index in [2.05, 4.69) is 27.2 Å². The number of cyclic esters (lactones) is 1. The lowest BCUT2D eigenvalue weighted by molar-refractivity contribution is -0.119. The maximum Gasteiger partial charge on any atom is 0.414 e. The van der Waals surface area contributed by atoms with Crippen LogP contribution in [0.2, 0.25) is 0 Å². The SMILES string of the molecule is CCN1C=NN(c2ccc(-c3ccc(N4C[C@H](CNC(C)=O)OC4=O)cc3F)cn2)CC1. The lowest BCUT2D eigenvalue weighted by atomic mass is 10.1. The molecule has 1 N–H and O–H groups in total. The number of carbonyl (C=O) groups is 2. The summed E-state index contributed by atoms with van der Waals surface area (Å²) >= 11 is 0. The van der Waals surface area contributed by atoms with Gasteiger partial charge in [-0.2, -0.15) is 5.10 Å². The van der Waals surface area contributed by atoms with Gasteiger partial charge in [-0.3, -0.25) is 9.69 Å². The quantitative estimate of drug-likeness (QED) is 0.742. The highest BCUT2D eigenvalue weighted by molar-refractivity contribution is 5.90. The third-order valence-electron chi connectivity index (χ3n) is 5.40. The molecule has 4 rings (SSSR count). The van der Waals surface area contributed by atoms with E-state index in [9.17, 15) is 14.0 Å². The Hall–Kier alpha value is -3.69. The minimum atomic E-state index is -0.567. The molecule has 1 aromatic heterocycles. The number of nitrogens with zero attached hydrogens (tertiary/aromatic N) is 5. The summed E-state index contributed by atoms with van der Waals surface area (Å²) in [6, 6.07) is 8.21. The Balaban J connectivity index is 1.46. The molecule has 0 bridgehead atoms. The number of hydrogen-bond acceptors (Lipinski definition) is 7.